The molecule has 12 heteroatoms. The summed E-state index contributed by atoms with van der Waals surface area (Å²) in [5, 5.41) is 13.8. The summed E-state index contributed by atoms with van der Waals surface area (Å²) in [5.74, 6) is -0.519. The summed E-state index contributed by atoms with van der Waals surface area (Å²) in [6.45, 7) is 4.23. The summed E-state index contributed by atoms with van der Waals surface area (Å²) in [6.07, 6.45) is 0. The van der Waals surface area contributed by atoms with Crippen LogP contribution in [0.15, 0.2) is 47.4 Å². The summed E-state index contributed by atoms with van der Waals surface area (Å²) in [5.41, 5.74) is 0.973. The first-order valence-corrected chi connectivity index (χ1v) is 12.1. The summed E-state index contributed by atoms with van der Waals surface area (Å²) in [7, 11) is -4.22. The zero-order valence-electron chi connectivity index (χ0n) is 18.1. The molecule has 2 aromatic rings. The third-order valence-electron chi connectivity index (χ3n) is 5.14. The van der Waals surface area contributed by atoms with Crippen LogP contribution < -0.4 is 5.32 Å². The van der Waals surface area contributed by atoms with Crippen molar-refractivity contribution < 1.29 is 22.9 Å². The number of sulfonamides is 1. The minimum absolute atomic E-state index is 0.0278. The number of aryl methyl sites for hydroxylation is 1. The predicted molar refractivity (Wildman–Crippen MR) is 124 cm³/mol. The van der Waals surface area contributed by atoms with Crippen molar-refractivity contribution in [1.29, 1.82) is 0 Å². The van der Waals surface area contributed by atoms with E-state index in [4.69, 9.17) is 16.3 Å². The molecule has 1 amide bonds. The fourth-order valence-electron chi connectivity index (χ4n) is 3.39. The molecule has 1 heterocycles. The third kappa shape index (κ3) is 6.71. The summed E-state index contributed by atoms with van der Waals surface area (Å²) in [4.78, 5) is 24.9. The number of benzene rings is 2. The van der Waals surface area contributed by atoms with E-state index in [1.54, 1.807) is 18.2 Å². The second kappa shape index (κ2) is 11.0. The van der Waals surface area contributed by atoms with Crippen LogP contribution in [0.4, 0.5) is 11.4 Å². The van der Waals surface area contributed by atoms with Crippen LogP contribution in [0.1, 0.15) is 5.56 Å². The van der Waals surface area contributed by atoms with Gasteiger partial charge in [-0.15, -0.1) is 0 Å². The largest absolute Gasteiger partial charge is 0.379 e. The van der Waals surface area contributed by atoms with Crippen molar-refractivity contribution in [2.45, 2.75) is 11.8 Å². The molecule has 33 heavy (non-hydrogen) atoms. The zero-order chi connectivity index (χ0) is 24.0. The molecule has 0 radical (unpaired) electrons. The normalized spacial score (nSPS) is 14.9. The van der Waals surface area contributed by atoms with E-state index in [1.807, 2.05) is 17.9 Å². The van der Waals surface area contributed by atoms with Gasteiger partial charge < -0.3 is 10.1 Å². The maximum Gasteiger partial charge on any atom is 0.289 e. The van der Waals surface area contributed by atoms with Crippen LogP contribution in [-0.2, 0) is 19.6 Å². The standard InChI is InChI=1S/C21H25ClN4O6S/c1-16-3-2-4-17(13-16)23-21(27)15-25(8-7-24-9-11-32-12-10-24)33(30,31)18-5-6-19(22)20(14-18)26(28)29/h2-6,13-14H,7-12,15H2,1H3,(H,23,27). The van der Waals surface area contributed by atoms with Crippen LogP contribution in [0.3, 0.4) is 0 Å². The Balaban J connectivity index is 1.84. The van der Waals surface area contributed by atoms with Crippen LogP contribution in [0, 0.1) is 17.0 Å². The first-order chi connectivity index (χ1) is 15.7. The molecule has 2 aromatic carbocycles. The minimum Gasteiger partial charge on any atom is -0.379 e. The lowest BCUT2D eigenvalue weighted by molar-refractivity contribution is -0.384. The van der Waals surface area contributed by atoms with Crippen LogP contribution in [0.5, 0.6) is 0 Å². The number of halogens is 1. The molecule has 1 N–H and O–H groups in total. The topological polar surface area (TPSA) is 122 Å². The van der Waals surface area contributed by atoms with Gasteiger partial charge in [0, 0.05) is 37.9 Å². The summed E-state index contributed by atoms with van der Waals surface area (Å²) < 4.78 is 33.1. The van der Waals surface area contributed by atoms with Gasteiger partial charge in [-0.1, -0.05) is 23.7 Å². The summed E-state index contributed by atoms with van der Waals surface area (Å²) in [6, 6.07) is 10.4. The number of carbonyl (C=O) groups excluding carboxylic acids is 1. The predicted octanol–water partition coefficient (Wildman–Crippen LogP) is 2.52. The number of hydrogen-bond donors (Lipinski definition) is 1. The molecule has 178 valence electrons. The highest BCUT2D eigenvalue weighted by Crippen LogP contribution is 2.28. The lowest BCUT2D eigenvalue weighted by atomic mass is 10.2. The molecular formula is C21H25ClN4O6S. The Hall–Kier alpha value is -2.57. The Kier molecular flexibility index (Phi) is 8.38. The lowest BCUT2D eigenvalue weighted by Gasteiger charge is -2.29. The fraction of sp³-hybridized carbons (Fsp3) is 0.381. The number of nitrogens with one attached hydrogen (secondary N) is 1. The van der Waals surface area contributed by atoms with Crippen molar-refractivity contribution in [3.63, 3.8) is 0 Å². The van der Waals surface area contributed by atoms with Gasteiger partial charge in [0.1, 0.15) is 5.02 Å². The van der Waals surface area contributed by atoms with Gasteiger partial charge in [-0.25, -0.2) is 8.42 Å². The number of morpholine rings is 1. The highest BCUT2D eigenvalue weighted by molar-refractivity contribution is 7.89. The van der Waals surface area contributed by atoms with E-state index in [0.717, 1.165) is 15.9 Å². The van der Waals surface area contributed by atoms with E-state index >= 15 is 0 Å². The number of nitro groups is 1. The Morgan fingerprint density at radius 3 is 2.64 bits per heavy atom. The molecule has 0 spiro atoms. The number of ether oxygens (including phenoxy) is 1. The Morgan fingerprint density at radius 2 is 1.97 bits per heavy atom. The molecule has 1 aliphatic rings. The van der Waals surface area contributed by atoms with Crippen molar-refractivity contribution in [1.82, 2.24) is 9.21 Å². The smallest absolute Gasteiger partial charge is 0.289 e. The number of anilines is 1. The van der Waals surface area contributed by atoms with Gasteiger partial charge in [-0.05, 0) is 36.8 Å². The quantitative estimate of drug-likeness (QED) is 0.418. The van der Waals surface area contributed by atoms with Gasteiger partial charge in [0.25, 0.3) is 5.69 Å². The number of amides is 1. The summed E-state index contributed by atoms with van der Waals surface area (Å²) >= 11 is 5.84. The number of nitro benzene ring substituents is 1. The van der Waals surface area contributed by atoms with E-state index in [2.05, 4.69) is 5.32 Å². The fourth-order valence-corrected chi connectivity index (χ4v) is 4.98. The van der Waals surface area contributed by atoms with E-state index < -0.39 is 33.1 Å². The number of carbonyl (C=O) groups is 1. The van der Waals surface area contributed by atoms with E-state index in [1.165, 1.54) is 12.1 Å². The molecule has 0 aliphatic carbocycles. The average Bonchev–Trinajstić information content (AvgIpc) is 2.77. The molecule has 0 bridgehead atoms. The van der Waals surface area contributed by atoms with Crippen LogP contribution in [0.2, 0.25) is 5.02 Å². The molecule has 10 nitrogen and oxygen atoms in total. The molecule has 0 saturated carbocycles. The Morgan fingerprint density at radius 1 is 1.24 bits per heavy atom. The Bertz CT molecular complexity index is 1120. The average molecular weight is 497 g/mol. The SMILES string of the molecule is Cc1cccc(NC(=O)CN(CCN2CCOCC2)S(=O)(=O)c2ccc(Cl)c([N+](=O)[O-])c2)c1. The first-order valence-electron chi connectivity index (χ1n) is 10.3. The van der Waals surface area contributed by atoms with Gasteiger partial charge in [0.15, 0.2) is 0 Å². The molecule has 1 fully saturated rings. The number of nitrogens with zero attached hydrogens (tertiary/aromatic N) is 3. The van der Waals surface area contributed by atoms with Crippen LogP contribution in [-0.4, -0.2) is 74.4 Å². The van der Waals surface area contributed by atoms with Gasteiger partial charge in [-0.2, -0.15) is 4.31 Å². The van der Waals surface area contributed by atoms with Gasteiger partial charge in [0.05, 0.1) is 29.6 Å². The molecule has 0 atom stereocenters. The van der Waals surface area contributed by atoms with Crippen molar-refractivity contribution in [2.75, 3.05) is 51.3 Å². The van der Waals surface area contributed by atoms with Crippen molar-refractivity contribution in [3.8, 4) is 0 Å². The van der Waals surface area contributed by atoms with Gasteiger partial charge in [0.2, 0.25) is 15.9 Å². The van der Waals surface area contributed by atoms with Gasteiger partial charge in [-0.3, -0.25) is 19.8 Å². The van der Waals surface area contributed by atoms with Crippen molar-refractivity contribution in [2.24, 2.45) is 0 Å². The maximum atomic E-state index is 13.4. The van der Waals surface area contributed by atoms with Crippen LogP contribution in [0.25, 0.3) is 0 Å². The van der Waals surface area contributed by atoms with Crippen molar-refractivity contribution >= 4 is 38.9 Å². The highest BCUT2D eigenvalue weighted by atomic mass is 35.5. The number of rotatable bonds is 9. The Labute approximate surface area is 197 Å². The minimum atomic E-state index is -4.22. The highest BCUT2D eigenvalue weighted by Gasteiger charge is 2.29. The monoisotopic (exact) mass is 496 g/mol. The second-order valence-electron chi connectivity index (χ2n) is 7.58. The molecule has 1 aliphatic heterocycles. The molecule has 0 unspecified atom stereocenters. The van der Waals surface area contributed by atoms with Crippen molar-refractivity contribution in [3.05, 3.63) is 63.2 Å². The van der Waals surface area contributed by atoms with E-state index in [0.29, 0.717) is 38.5 Å². The van der Waals surface area contributed by atoms with Crippen LogP contribution >= 0.6 is 11.6 Å². The maximum absolute atomic E-state index is 13.4. The second-order valence-corrected chi connectivity index (χ2v) is 9.93. The molecule has 0 aromatic heterocycles. The van der Waals surface area contributed by atoms with E-state index in [-0.39, 0.29) is 16.5 Å². The lowest BCUT2D eigenvalue weighted by Crippen LogP contribution is -2.45. The molecule has 1 saturated heterocycles. The molecule has 3 rings (SSSR count). The zero-order valence-corrected chi connectivity index (χ0v) is 19.6. The number of hydrogen-bond acceptors (Lipinski definition) is 7. The first kappa shape index (κ1) is 25.1. The molecular weight excluding hydrogens is 472 g/mol. The third-order valence-corrected chi connectivity index (χ3v) is 7.30. The van der Waals surface area contributed by atoms with E-state index in [9.17, 15) is 23.3 Å². The van der Waals surface area contributed by atoms with Gasteiger partial charge >= 0.3 is 0 Å².